The fraction of sp³-hybridized carbons (Fsp3) is 0.909. The molecular weight excluding hydrogens is 192 g/mol. The van der Waals surface area contributed by atoms with Crippen LogP contribution in [0.15, 0.2) is 0 Å². The van der Waals surface area contributed by atoms with Crippen LogP contribution < -0.4 is 10.6 Å². The predicted molar refractivity (Wildman–Crippen MR) is 59.7 cm³/mol. The van der Waals surface area contributed by atoms with Gasteiger partial charge in [-0.3, -0.25) is 4.79 Å². The second-order valence-corrected chi connectivity index (χ2v) is 4.53. The van der Waals surface area contributed by atoms with Crippen molar-refractivity contribution < 1.29 is 9.53 Å². The van der Waals surface area contributed by atoms with Crippen molar-refractivity contribution in [3.63, 3.8) is 0 Å². The van der Waals surface area contributed by atoms with Crippen molar-refractivity contribution in [3.05, 3.63) is 0 Å². The Bertz CT molecular complexity index is 203. The van der Waals surface area contributed by atoms with E-state index in [1.165, 1.54) is 12.8 Å². The highest BCUT2D eigenvalue weighted by atomic mass is 16.5. The van der Waals surface area contributed by atoms with E-state index in [9.17, 15) is 4.79 Å². The monoisotopic (exact) mass is 214 g/mol. The molecule has 4 nitrogen and oxygen atoms in total. The largest absolute Gasteiger partial charge is 0.383 e. The minimum absolute atomic E-state index is 0.0673. The molecule has 1 atom stereocenters. The van der Waals surface area contributed by atoms with Gasteiger partial charge in [-0.2, -0.15) is 0 Å². The molecule has 1 aliphatic carbocycles. The number of rotatable bonds is 7. The van der Waals surface area contributed by atoms with Crippen LogP contribution in [0.2, 0.25) is 0 Å². The maximum absolute atomic E-state index is 11.5. The van der Waals surface area contributed by atoms with E-state index >= 15 is 0 Å². The van der Waals surface area contributed by atoms with Crippen LogP contribution in [0.3, 0.4) is 0 Å². The van der Waals surface area contributed by atoms with Gasteiger partial charge in [0.1, 0.15) is 0 Å². The second kappa shape index (κ2) is 6.08. The maximum Gasteiger partial charge on any atom is 0.234 e. The van der Waals surface area contributed by atoms with Gasteiger partial charge in [-0.05, 0) is 18.8 Å². The smallest absolute Gasteiger partial charge is 0.234 e. The molecule has 0 radical (unpaired) electrons. The normalized spacial score (nSPS) is 17.9. The van der Waals surface area contributed by atoms with Crippen LogP contribution in [0.5, 0.6) is 0 Å². The van der Waals surface area contributed by atoms with Gasteiger partial charge in [-0.15, -0.1) is 0 Å². The zero-order valence-corrected chi connectivity index (χ0v) is 9.88. The van der Waals surface area contributed by atoms with Crippen LogP contribution >= 0.6 is 0 Å². The molecule has 0 spiro atoms. The summed E-state index contributed by atoms with van der Waals surface area (Å²) in [6.07, 6.45) is 2.41. The molecule has 1 saturated carbocycles. The number of nitrogens with one attached hydrogen (secondary N) is 2. The molecule has 1 unspecified atom stereocenters. The first-order valence-electron chi connectivity index (χ1n) is 5.65. The highest BCUT2D eigenvalue weighted by molar-refractivity contribution is 5.78. The molecule has 0 aromatic rings. The van der Waals surface area contributed by atoms with Gasteiger partial charge in [-0.1, -0.05) is 13.8 Å². The van der Waals surface area contributed by atoms with Crippen LogP contribution in [0.4, 0.5) is 0 Å². The molecule has 2 N–H and O–H groups in total. The summed E-state index contributed by atoms with van der Waals surface area (Å²) in [7, 11) is 1.66. The molecule has 1 fully saturated rings. The summed E-state index contributed by atoms with van der Waals surface area (Å²) in [6.45, 7) is 5.17. The molecule has 88 valence electrons. The van der Waals surface area contributed by atoms with E-state index in [4.69, 9.17) is 4.74 Å². The van der Waals surface area contributed by atoms with Gasteiger partial charge in [0.15, 0.2) is 0 Å². The number of carbonyl (C=O) groups excluding carboxylic acids is 1. The quantitative estimate of drug-likeness (QED) is 0.650. The molecular formula is C11H22N2O2. The lowest BCUT2D eigenvalue weighted by atomic mass is 10.1. The summed E-state index contributed by atoms with van der Waals surface area (Å²) in [5.41, 5.74) is 0. The number of carbonyl (C=O) groups is 1. The third-order valence-electron chi connectivity index (χ3n) is 2.63. The summed E-state index contributed by atoms with van der Waals surface area (Å²) in [4.78, 5) is 11.5. The second-order valence-electron chi connectivity index (χ2n) is 4.53. The highest BCUT2D eigenvalue weighted by Crippen LogP contribution is 2.17. The van der Waals surface area contributed by atoms with Crippen molar-refractivity contribution in [2.24, 2.45) is 5.92 Å². The Balaban J connectivity index is 2.19. The molecule has 0 saturated heterocycles. The van der Waals surface area contributed by atoms with E-state index in [1.54, 1.807) is 7.11 Å². The van der Waals surface area contributed by atoms with Crippen LogP contribution in [-0.2, 0) is 9.53 Å². The molecule has 0 bridgehead atoms. The average molecular weight is 214 g/mol. The number of methoxy groups -OCH3 is 1. The fourth-order valence-corrected chi connectivity index (χ4v) is 1.36. The Morgan fingerprint density at radius 3 is 2.60 bits per heavy atom. The lowest BCUT2D eigenvalue weighted by molar-refractivity contribution is -0.121. The molecule has 0 heterocycles. The van der Waals surface area contributed by atoms with Crippen molar-refractivity contribution >= 4 is 5.91 Å². The highest BCUT2D eigenvalue weighted by Gasteiger charge is 2.22. The summed E-state index contributed by atoms with van der Waals surface area (Å²) >= 11 is 0. The Morgan fingerprint density at radius 1 is 1.47 bits per heavy atom. The fourth-order valence-electron chi connectivity index (χ4n) is 1.36. The SMILES string of the molecule is COCC(NC(=O)CNC1CC1)C(C)C. The molecule has 1 rings (SSSR count). The number of hydrogen-bond donors (Lipinski definition) is 2. The van der Waals surface area contributed by atoms with Gasteiger partial charge >= 0.3 is 0 Å². The molecule has 1 amide bonds. The van der Waals surface area contributed by atoms with Gasteiger partial charge in [-0.25, -0.2) is 0 Å². The maximum atomic E-state index is 11.5. The van der Waals surface area contributed by atoms with Gasteiger partial charge in [0, 0.05) is 13.2 Å². The predicted octanol–water partition coefficient (Wildman–Crippen LogP) is 0.526. The lowest BCUT2D eigenvalue weighted by Gasteiger charge is -2.21. The van der Waals surface area contributed by atoms with Crippen molar-refractivity contribution in [1.82, 2.24) is 10.6 Å². The molecule has 0 aromatic heterocycles. The molecule has 15 heavy (non-hydrogen) atoms. The Kier molecular flexibility index (Phi) is 5.05. The Hall–Kier alpha value is -0.610. The summed E-state index contributed by atoms with van der Waals surface area (Å²) < 4.78 is 5.07. The van der Waals surface area contributed by atoms with Crippen molar-refractivity contribution in [2.45, 2.75) is 38.8 Å². The van der Waals surface area contributed by atoms with Crippen LogP contribution in [-0.4, -0.2) is 38.3 Å². The summed E-state index contributed by atoms with van der Waals surface area (Å²) in [5, 5.41) is 6.16. The van der Waals surface area contributed by atoms with Gasteiger partial charge in [0.05, 0.1) is 19.2 Å². The lowest BCUT2D eigenvalue weighted by Crippen LogP contribution is -2.45. The van der Waals surface area contributed by atoms with E-state index in [1.807, 2.05) is 0 Å². The first-order valence-corrected chi connectivity index (χ1v) is 5.65. The zero-order valence-electron chi connectivity index (χ0n) is 9.88. The van der Waals surface area contributed by atoms with E-state index in [-0.39, 0.29) is 11.9 Å². The first-order chi connectivity index (χ1) is 7.13. The average Bonchev–Trinajstić information content (AvgIpc) is 2.97. The molecule has 0 aliphatic heterocycles. The van der Waals surface area contributed by atoms with Gasteiger partial charge in [0.2, 0.25) is 5.91 Å². The third-order valence-corrected chi connectivity index (χ3v) is 2.63. The molecule has 4 heteroatoms. The van der Waals surface area contributed by atoms with Crippen LogP contribution in [0.25, 0.3) is 0 Å². The first kappa shape index (κ1) is 12.5. The van der Waals surface area contributed by atoms with E-state index in [0.717, 1.165) is 0 Å². The van der Waals surface area contributed by atoms with E-state index in [0.29, 0.717) is 25.1 Å². The van der Waals surface area contributed by atoms with E-state index in [2.05, 4.69) is 24.5 Å². The summed E-state index contributed by atoms with van der Waals surface area (Å²) in [5.74, 6) is 0.465. The number of ether oxygens (including phenoxy) is 1. The van der Waals surface area contributed by atoms with Gasteiger partial charge < -0.3 is 15.4 Å². The molecule has 1 aliphatic rings. The number of hydrogen-bond acceptors (Lipinski definition) is 3. The van der Waals surface area contributed by atoms with Gasteiger partial charge in [0.25, 0.3) is 0 Å². The van der Waals surface area contributed by atoms with Crippen molar-refractivity contribution in [1.29, 1.82) is 0 Å². The van der Waals surface area contributed by atoms with Crippen molar-refractivity contribution in [2.75, 3.05) is 20.3 Å². The van der Waals surface area contributed by atoms with Crippen LogP contribution in [0.1, 0.15) is 26.7 Å². The minimum atomic E-state index is 0.0673. The van der Waals surface area contributed by atoms with Crippen LogP contribution in [0, 0.1) is 5.92 Å². The number of amides is 1. The zero-order chi connectivity index (χ0) is 11.3. The molecule has 0 aromatic carbocycles. The Labute approximate surface area is 91.8 Å². The third kappa shape index (κ3) is 5.14. The standard InChI is InChI=1S/C11H22N2O2/c1-8(2)10(7-15-3)13-11(14)6-12-9-4-5-9/h8-10,12H,4-7H2,1-3H3,(H,13,14). The summed E-state index contributed by atoms with van der Waals surface area (Å²) in [6, 6.07) is 0.694. The minimum Gasteiger partial charge on any atom is -0.383 e. The Morgan fingerprint density at radius 2 is 2.13 bits per heavy atom. The van der Waals surface area contributed by atoms with E-state index < -0.39 is 0 Å². The van der Waals surface area contributed by atoms with Crippen molar-refractivity contribution in [3.8, 4) is 0 Å². The topological polar surface area (TPSA) is 50.4 Å².